The number of aryl methyl sites for hydroxylation is 1. The van der Waals surface area contributed by atoms with Crippen LogP contribution in [0.2, 0.25) is 0 Å². The molecular weight excluding hydrogens is 177 g/mol. The lowest BCUT2D eigenvalue weighted by Crippen LogP contribution is -2.05. The van der Waals surface area contributed by atoms with Crippen molar-refractivity contribution in [3.8, 4) is 0 Å². The van der Waals surface area contributed by atoms with Gasteiger partial charge < -0.3 is 5.73 Å². The Morgan fingerprint density at radius 2 is 2.00 bits per heavy atom. The molecule has 0 spiro atoms. The minimum Gasteiger partial charge on any atom is -0.382 e. The number of nitrogens with two attached hydrogens (primary N) is 1. The van der Waals surface area contributed by atoms with Gasteiger partial charge in [-0.05, 0) is 6.92 Å². The lowest BCUT2D eigenvalue weighted by atomic mass is 10.5. The first-order valence-corrected chi connectivity index (χ1v) is 3.53. The van der Waals surface area contributed by atoms with Gasteiger partial charge >= 0.3 is 6.18 Å². The summed E-state index contributed by atoms with van der Waals surface area (Å²) in [6.45, 7) is 1.48. The summed E-state index contributed by atoms with van der Waals surface area (Å²) in [7, 11) is 0. The number of nitrogens with zero attached hydrogens (tertiary/aromatic N) is 1. The fourth-order valence-electron chi connectivity index (χ4n) is 0.646. The molecule has 0 fully saturated rings. The van der Waals surface area contributed by atoms with Crippen LogP contribution < -0.4 is 5.73 Å². The molecule has 0 bridgehead atoms. The minimum atomic E-state index is -4.37. The predicted octanol–water partition coefficient (Wildman–Crippen LogP) is 2.05. The quantitative estimate of drug-likeness (QED) is 0.666. The summed E-state index contributed by atoms with van der Waals surface area (Å²) in [5.74, 6) is -0.431. The maximum atomic E-state index is 12.0. The number of aromatic nitrogens is 1. The van der Waals surface area contributed by atoms with Crippen LogP contribution in [0.3, 0.4) is 0 Å². The van der Waals surface area contributed by atoms with Crippen molar-refractivity contribution in [2.75, 3.05) is 5.73 Å². The molecular formula is C5H5F3N2S. The Bertz CT molecular complexity index is 265. The summed E-state index contributed by atoms with van der Waals surface area (Å²) in [5.41, 5.74) is 5.01. The summed E-state index contributed by atoms with van der Waals surface area (Å²) >= 11 is 0.560. The highest BCUT2D eigenvalue weighted by Gasteiger charge is 2.35. The fraction of sp³-hybridized carbons (Fsp3) is 0.400. The van der Waals surface area contributed by atoms with Crippen molar-refractivity contribution in [3.63, 3.8) is 0 Å². The molecule has 0 aliphatic carbocycles. The monoisotopic (exact) mass is 182 g/mol. The number of thiazole rings is 1. The zero-order valence-corrected chi connectivity index (χ0v) is 6.38. The molecule has 0 saturated heterocycles. The van der Waals surface area contributed by atoms with Crippen LogP contribution in [0, 0.1) is 6.92 Å². The number of nitrogen functional groups attached to an aromatic ring is 1. The summed E-state index contributed by atoms with van der Waals surface area (Å²) < 4.78 is 35.9. The Morgan fingerprint density at radius 3 is 2.18 bits per heavy atom. The van der Waals surface area contributed by atoms with E-state index in [1.165, 1.54) is 6.92 Å². The molecule has 0 aliphatic heterocycles. The predicted molar refractivity (Wildman–Crippen MR) is 36.3 cm³/mol. The van der Waals surface area contributed by atoms with E-state index < -0.39 is 16.9 Å². The topological polar surface area (TPSA) is 38.9 Å². The molecule has 0 saturated carbocycles. The van der Waals surface area contributed by atoms with E-state index in [2.05, 4.69) is 4.98 Å². The van der Waals surface area contributed by atoms with Crippen LogP contribution >= 0.6 is 11.3 Å². The molecule has 0 aliphatic rings. The molecule has 2 nitrogen and oxygen atoms in total. The van der Waals surface area contributed by atoms with Crippen molar-refractivity contribution < 1.29 is 13.2 Å². The van der Waals surface area contributed by atoms with Gasteiger partial charge in [-0.15, -0.1) is 11.3 Å². The van der Waals surface area contributed by atoms with E-state index in [1.807, 2.05) is 0 Å². The summed E-state index contributed by atoms with van der Waals surface area (Å²) in [5, 5.41) is 0.329. The first kappa shape index (κ1) is 8.32. The maximum absolute atomic E-state index is 12.0. The van der Waals surface area contributed by atoms with Crippen LogP contribution in [-0.2, 0) is 6.18 Å². The highest BCUT2D eigenvalue weighted by Crippen LogP contribution is 2.37. The number of rotatable bonds is 0. The van der Waals surface area contributed by atoms with Gasteiger partial charge in [0.05, 0.1) is 5.01 Å². The molecule has 11 heavy (non-hydrogen) atoms. The number of halogens is 3. The Morgan fingerprint density at radius 1 is 1.45 bits per heavy atom. The molecule has 2 N–H and O–H groups in total. The molecule has 1 heterocycles. The van der Waals surface area contributed by atoms with Gasteiger partial charge in [-0.2, -0.15) is 13.2 Å². The normalized spacial score (nSPS) is 12.0. The number of alkyl halides is 3. The molecule has 1 aromatic rings. The number of hydrogen-bond donors (Lipinski definition) is 1. The van der Waals surface area contributed by atoms with Crippen LogP contribution in [0.25, 0.3) is 0 Å². The average Bonchev–Trinajstić information content (AvgIpc) is 2.08. The second kappa shape index (κ2) is 2.37. The molecule has 0 amide bonds. The van der Waals surface area contributed by atoms with Crippen LogP contribution in [0.4, 0.5) is 19.0 Å². The van der Waals surface area contributed by atoms with Gasteiger partial charge in [-0.3, -0.25) is 0 Å². The third kappa shape index (κ3) is 1.62. The number of anilines is 1. The standard InChI is InChI=1S/C5H5F3N2S/c1-2-10-4(9)3(11-2)5(6,7)8/h9H2,1H3. The first-order chi connectivity index (χ1) is 4.91. The fourth-order valence-corrected chi connectivity index (χ4v) is 1.35. The van der Waals surface area contributed by atoms with E-state index in [4.69, 9.17) is 5.73 Å². The molecule has 62 valence electrons. The Kier molecular flexibility index (Phi) is 1.79. The highest BCUT2D eigenvalue weighted by molar-refractivity contribution is 7.12. The Balaban J connectivity index is 3.13. The Hall–Kier alpha value is -0.780. The lowest BCUT2D eigenvalue weighted by molar-refractivity contribution is -0.133. The van der Waals surface area contributed by atoms with Crippen molar-refractivity contribution >= 4 is 17.2 Å². The Labute approximate surface area is 64.9 Å². The van der Waals surface area contributed by atoms with Gasteiger partial charge in [-0.1, -0.05) is 0 Å². The van der Waals surface area contributed by atoms with Gasteiger partial charge in [0, 0.05) is 0 Å². The van der Waals surface area contributed by atoms with Gasteiger partial charge in [0.15, 0.2) is 4.88 Å². The van der Waals surface area contributed by atoms with E-state index in [0.717, 1.165) is 0 Å². The van der Waals surface area contributed by atoms with Crippen LogP contribution in [0.5, 0.6) is 0 Å². The number of hydrogen-bond acceptors (Lipinski definition) is 3. The molecule has 0 unspecified atom stereocenters. The SMILES string of the molecule is Cc1nc(N)c(C(F)(F)F)s1. The smallest absolute Gasteiger partial charge is 0.382 e. The van der Waals surface area contributed by atoms with Gasteiger partial charge in [0.1, 0.15) is 5.82 Å². The summed E-state index contributed by atoms with van der Waals surface area (Å²) in [4.78, 5) is 2.64. The summed E-state index contributed by atoms with van der Waals surface area (Å²) in [6, 6.07) is 0. The van der Waals surface area contributed by atoms with Crippen LogP contribution in [0.1, 0.15) is 9.88 Å². The minimum absolute atomic E-state index is 0.329. The average molecular weight is 182 g/mol. The molecule has 0 aromatic carbocycles. The zero-order valence-electron chi connectivity index (χ0n) is 5.57. The van der Waals surface area contributed by atoms with E-state index >= 15 is 0 Å². The van der Waals surface area contributed by atoms with Crippen molar-refractivity contribution in [1.29, 1.82) is 0 Å². The molecule has 1 rings (SSSR count). The molecule has 0 radical (unpaired) electrons. The molecule has 1 aromatic heterocycles. The maximum Gasteiger partial charge on any atom is 0.429 e. The first-order valence-electron chi connectivity index (χ1n) is 2.71. The van der Waals surface area contributed by atoms with Gasteiger partial charge in [0.2, 0.25) is 0 Å². The second-order valence-corrected chi connectivity index (χ2v) is 3.15. The van der Waals surface area contributed by atoms with E-state index in [0.29, 0.717) is 16.3 Å². The van der Waals surface area contributed by atoms with E-state index in [1.54, 1.807) is 0 Å². The van der Waals surface area contributed by atoms with Gasteiger partial charge in [0.25, 0.3) is 0 Å². The lowest BCUT2D eigenvalue weighted by Gasteiger charge is -2.01. The molecule has 6 heteroatoms. The highest BCUT2D eigenvalue weighted by atomic mass is 32.1. The van der Waals surface area contributed by atoms with Crippen molar-refractivity contribution in [3.05, 3.63) is 9.88 Å². The van der Waals surface area contributed by atoms with Crippen molar-refractivity contribution in [1.82, 2.24) is 4.98 Å². The van der Waals surface area contributed by atoms with E-state index in [-0.39, 0.29) is 0 Å². The molecule has 0 atom stereocenters. The second-order valence-electron chi connectivity index (χ2n) is 1.95. The van der Waals surface area contributed by atoms with E-state index in [9.17, 15) is 13.2 Å². The van der Waals surface area contributed by atoms with Crippen molar-refractivity contribution in [2.24, 2.45) is 0 Å². The van der Waals surface area contributed by atoms with Crippen LogP contribution in [-0.4, -0.2) is 4.98 Å². The summed E-state index contributed by atoms with van der Waals surface area (Å²) in [6.07, 6.45) is -4.37. The third-order valence-electron chi connectivity index (χ3n) is 1.02. The van der Waals surface area contributed by atoms with Crippen molar-refractivity contribution in [2.45, 2.75) is 13.1 Å². The van der Waals surface area contributed by atoms with Crippen LogP contribution in [0.15, 0.2) is 0 Å². The largest absolute Gasteiger partial charge is 0.429 e. The zero-order chi connectivity index (χ0) is 8.65. The van der Waals surface area contributed by atoms with Gasteiger partial charge in [-0.25, -0.2) is 4.98 Å². The third-order valence-corrected chi connectivity index (χ3v) is 2.05.